The Bertz CT molecular complexity index is 732. The molecule has 0 amide bonds. The van der Waals surface area contributed by atoms with Crippen LogP contribution in [0.4, 0.5) is 0 Å². The molecule has 2 aromatic rings. The first-order chi connectivity index (χ1) is 11.1. The second-order valence-corrected chi connectivity index (χ2v) is 8.16. The molecule has 2 heterocycles. The SMILES string of the molecule is O=S(=O)(/C=C\c1ccccc1)N1CCN(Cc2ccsc2)CC1. The zero-order chi connectivity index (χ0) is 16.1. The lowest BCUT2D eigenvalue weighted by Gasteiger charge is -2.33. The maximum atomic E-state index is 12.4. The number of sulfonamides is 1. The van der Waals surface area contributed by atoms with E-state index in [1.807, 2.05) is 30.3 Å². The van der Waals surface area contributed by atoms with Crippen molar-refractivity contribution in [2.45, 2.75) is 6.54 Å². The summed E-state index contributed by atoms with van der Waals surface area (Å²) in [5, 5.41) is 5.53. The largest absolute Gasteiger partial charge is 0.296 e. The van der Waals surface area contributed by atoms with Gasteiger partial charge in [0, 0.05) is 38.1 Å². The van der Waals surface area contributed by atoms with Crippen LogP contribution in [0.1, 0.15) is 11.1 Å². The highest BCUT2D eigenvalue weighted by Gasteiger charge is 2.24. The third kappa shape index (κ3) is 4.51. The minimum absolute atomic E-state index is 0.547. The van der Waals surface area contributed by atoms with Crippen LogP contribution in [0.3, 0.4) is 0 Å². The van der Waals surface area contributed by atoms with Crippen molar-refractivity contribution in [3.63, 3.8) is 0 Å². The number of benzene rings is 1. The van der Waals surface area contributed by atoms with E-state index in [0.717, 1.165) is 25.2 Å². The smallest absolute Gasteiger partial charge is 0.236 e. The van der Waals surface area contributed by atoms with Gasteiger partial charge in [-0.2, -0.15) is 15.6 Å². The molecule has 1 saturated heterocycles. The lowest BCUT2D eigenvalue weighted by atomic mass is 10.2. The summed E-state index contributed by atoms with van der Waals surface area (Å²) >= 11 is 1.70. The molecule has 1 aromatic heterocycles. The second-order valence-electron chi connectivity index (χ2n) is 5.57. The second kappa shape index (κ2) is 7.40. The summed E-state index contributed by atoms with van der Waals surface area (Å²) in [6, 6.07) is 11.6. The van der Waals surface area contributed by atoms with Gasteiger partial charge in [0.15, 0.2) is 0 Å². The van der Waals surface area contributed by atoms with Crippen molar-refractivity contribution in [1.29, 1.82) is 0 Å². The highest BCUT2D eigenvalue weighted by molar-refractivity contribution is 7.92. The summed E-state index contributed by atoms with van der Waals surface area (Å²) in [7, 11) is -3.34. The highest BCUT2D eigenvalue weighted by atomic mass is 32.2. The normalized spacial score (nSPS) is 17.7. The standard InChI is InChI=1S/C17H20N2O2S2/c20-23(21,13-7-16-4-2-1-3-5-16)19-10-8-18(9-11-19)14-17-6-12-22-15-17/h1-7,12-13,15H,8-11,14H2/b13-7-. The molecule has 1 aliphatic rings. The van der Waals surface area contributed by atoms with E-state index in [9.17, 15) is 8.42 Å². The molecule has 1 aliphatic heterocycles. The summed E-state index contributed by atoms with van der Waals surface area (Å²) in [5.74, 6) is 0. The third-order valence-corrected chi connectivity index (χ3v) is 6.21. The Kier molecular flexibility index (Phi) is 5.27. The van der Waals surface area contributed by atoms with E-state index in [1.54, 1.807) is 21.7 Å². The van der Waals surface area contributed by atoms with Gasteiger partial charge in [-0.1, -0.05) is 30.3 Å². The molecular weight excluding hydrogens is 328 g/mol. The monoisotopic (exact) mass is 348 g/mol. The fourth-order valence-corrected chi connectivity index (χ4v) is 4.43. The molecule has 1 aromatic carbocycles. The zero-order valence-electron chi connectivity index (χ0n) is 12.8. The van der Waals surface area contributed by atoms with E-state index in [-0.39, 0.29) is 0 Å². The lowest BCUT2D eigenvalue weighted by Crippen LogP contribution is -2.47. The minimum Gasteiger partial charge on any atom is -0.296 e. The molecule has 0 saturated carbocycles. The van der Waals surface area contributed by atoms with Crippen LogP contribution in [-0.2, 0) is 16.6 Å². The van der Waals surface area contributed by atoms with E-state index in [2.05, 4.69) is 21.7 Å². The molecule has 4 nitrogen and oxygen atoms in total. The van der Waals surface area contributed by atoms with Crippen molar-refractivity contribution >= 4 is 27.4 Å². The van der Waals surface area contributed by atoms with Crippen LogP contribution in [0, 0.1) is 0 Å². The van der Waals surface area contributed by atoms with Gasteiger partial charge >= 0.3 is 0 Å². The maximum absolute atomic E-state index is 12.4. The van der Waals surface area contributed by atoms with E-state index in [4.69, 9.17) is 0 Å². The fourth-order valence-electron chi connectivity index (χ4n) is 2.60. The van der Waals surface area contributed by atoms with Gasteiger partial charge in [-0.25, -0.2) is 8.42 Å². The molecule has 23 heavy (non-hydrogen) atoms. The van der Waals surface area contributed by atoms with Crippen LogP contribution in [0.2, 0.25) is 0 Å². The summed E-state index contributed by atoms with van der Waals surface area (Å²) < 4.78 is 26.4. The molecule has 0 radical (unpaired) electrons. The number of piperazine rings is 1. The molecule has 1 fully saturated rings. The molecule has 0 aliphatic carbocycles. The Balaban J connectivity index is 1.57. The van der Waals surface area contributed by atoms with Crippen molar-refractivity contribution in [3.8, 4) is 0 Å². The van der Waals surface area contributed by atoms with Crippen molar-refractivity contribution < 1.29 is 8.42 Å². The summed E-state index contributed by atoms with van der Waals surface area (Å²) in [6.45, 7) is 3.54. The summed E-state index contributed by atoms with van der Waals surface area (Å²) in [4.78, 5) is 2.30. The number of nitrogens with zero attached hydrogens (tertiary/aromatic N) is 2. The predicted octanol–water partition coefficient (Wildman–Crippen LogP) is 2.87. The number of rotatable bonds is 5. The Morgan fingerprint density at radius 3 is 2.43 bits per heavy atom. The molecule has 6 heteroatoms. The quantitative estimate of drug-likeness (QED) is 0.834. The maximum Gasteiger partial charge on any atom is 0.236 e. The van der Waals surface area contributed by atoms with Crippen LogP contribution in [0.15, 0.2) is 52.6 Å². The first kappa shape index (κ1) is 16.4. The Labute approximate surface area is 141 Å². The fraction of sp³-hybridized carbons (Fsp3) is 0.294. The molecular formula is C17H20N2O2S2. The van der Waals surface area contributed by atoms with E-state index < -0.39 is 10.0 Å². The van der Waals surface area contributed by atoms with Gasteiger partial charge in [0.05, 0.1) is 0 Å². The lowest BCUT2D eigenvalue weighted by molar-refractivity contribution is 0.183. The molecule has 0 spiro atoms. The van der Waals surface area contributed by atoms with Gasteiger partial charge in [0.2, 0.25) is 10.0 Å². The molecule has 0 unspecified atom stereocenters. The summed E-state index contributed by atoms with van der Waals surface area (Å²) in [5.41, 5.74) is 2.20. The van der Waals surface area contributed by atoms with Crippen LogP contribution < -0.4 is 0 Å². The Morgan fingerprint density at radius 1 is 1.04 bits per heavy atom. The van der Waals surface area contributed by atoms with Crippen molar-refractivity contribution in [2.75, 3.05) is 26.2 Å². The van der Waals surface area contributed by atoms with E-state index in [1.165, 1.54) is 11.0 Å². The first-order valence-electron chi connectivity index (χ1n) is 7.60. The third-order valence-electron chi connectivity index (χ3n) is 3.91. The van der Waals surface area contributed by atoms with Gasteiger partial charge in [0.25, 0.3) is 0 Å². The van der Waals surface area contributed by atoms with Gasteiger partial charge in [-0.3, -0.25) is 4.90 Å². The van der Waals surface area contributed by atoms with E-state index >= 15 is 0 Å². The van der Waals surface area contributed by atoms with Crippen LogP contribution >= 0.6 is 11.3 Å². The number of hydrogen-bond acceptors (Lipinski definition) is 4. The molecule has 3 rings (SSSR count). The predicted molar refractivity (Wildman–Crippen MR) is 95.6 cm³/mol. The topological polar surface area (TPSA) is 40.6 Å². The molecule has 0 N–H and O–H groups in total. The number of thiophene rings is 1. The van der Waals surface area contributed by atoms with Gasteiger partial charge < -0.3 is 0 Å². The van der Waals surface area contributed by atoms with Gasteiger partial charge in [-0.15, -0.1) is 0 Å². The average molecular weight is 348 g/mol. The van der Waals surface area contributed by atoms with Crippen molar-refractivity contribution in [1.82, 2.24) is 9.21 Å². The molecule has 122 valence electrons. The van der Waals surface area contributed by atoms with Crippen molar-refractivity contribution in [3.05, 3.63) is 63.7 Å². The summed E-state index contributed by atoms with van der Waals surface area (Å²) in [6.07, 6.45) is 1.66. The first-order valence-corrected chi connectivity index (χ1v) is 10.0. The number of hydrogen-bond donors (Lipinski definition) is 0. The Morgan fingerprint density at radius 2 is 1.78 bits per heavy atom. The van der Waals surface area contributed by atoms with Gasteiger partial charge in [-0.05, 0) is 34.0 Å². The molecule has 0 bridgehead atoms. The zero-order valence-corrected chi connectivity index (χ0v) is 14.5. The average Bonchev–Trinajstić information content (AvgIpc) is 3.08. The van der Waals surface area contributed by atoms with Crippen LogP contribution in [-0.4, -0.2) is 43.8 Å². The van der Waals surface area contributed by atoms with Gasteiger partial charge in [0.1, 0.15) is 0 Å². The van der Waals surface area contributed by atoms with Crippen molar-refractivity contribution in [2.24, 2.45) is 0 Å². The van der Waals surface area contributed by atoms with Crippen LogP contribution in [0.5, 0.6) is 0 Å². The minimum atomic E-state index is -3.34. The van der Waals surface area contributed by atoms with E-state index in [0.29, 0.717) is 13.1 Å². The highest BCUT2D eigenvalue weighted by Crippen LogP contribution is 2.15. The Hall–Kier alpha value is -1.47. The van der Waals surface area contributed by atoms with Crippen LogP contribution in [0.25, 0.3) is 6.08 Å². The molecule has 0 atom stereocenters.